The lowest BCUT2D eigenvalue weighted by atomic mass is 10.2. The van der Waals surface area contributed by atoms with E-state index in [0.29, 0.717) is 5.75 Å². The number of thioether (sulfide) groups is 1. The summed E-state index contributed by atoms with van der Waals surface area (Å²) in [6.45, 7) is 2.01. The zero-order valence-electron chi connectivity index (χ0n) is 5.52. The predicted octanol–water partition coefficient (Wildman–Crippen LogP) is -0.0183. The minimum Gasteiger partial charge on any atom is -0.364 e. The van der Waals surface area contributed by atoms with E-state index in [-0.39, 0.29) is 12.4 Å². The molecule has 0 heterocycles. The molecule has 2 radical (unpaired) electrons. The van der Waals surface area contributed by atoms with Gasteiger partial charge in [0.25, 0.3) is 0 Å². The van der Waals surface area contributed by atoms with Gasteiger partial charge in [0.2, 0.25) is 5.91 Å². The summed E-state index contributed by atoms with van der Waals surface area (Å²) in [5, 5.41) is 2.50. The highest BCUT2D eigenvalue weighted by Gasteiger charge is 1.95. The largest absolute Gasteiger partial charge is 0.364 e. The second-order valence-electron chi connectivity index (χ2n) is 1.44. The Morgan fingerprint density at radius 3 is 2.89 bits per heavy atom. The Hall–Kier alpha value is -0.115. The van der Waals surface area contributed by atoms with Gasteiger partial charge in [-0.1, -0.05) is 6.92 Å². The molecule has 0 saturated carbocycles. The zero-order chi connectivity index (χ0) is 7.11. The van der Waals surface area contributed by atoms with Crippen molar-refractivity contribution in [1.82, 2.24) is 5.32 Å². The predicted molar refractivity (Wildman–Crippen MR) is 41.8 cm³/mol. The van der Waals surface area contributed by atoms with Crippen molar-refractivity contribution < 1.29 is 4.79 Å². The summed E-state index contributed by atoms with van der Waals surface area (Å²) in [7, 11) is 5.06. The van der Waals surface area contributed by atoms with E-state index in [4.69, 9.17) is 7.85 Å². The fourth-order valence-corrected chi connectivity index (χ4v) is 0.851. The van der Waals surface area contributed by atoms with Gasteiger partial charge >= 0.3 is 0 Å². The van der Waals surface area contributed by atoms with E-state index in [1.807, 2.05) is 6.92 Å². The lowest BCUT2D eigenvalue weighted by molar-refractivity contribution is -0.118. The van der Waals surface area contributed by atoms with Crippen molar-refractivity contribution in [2.24, 2.45) is 0 Å². The summed E-state index contributed by atoms with van der Waals surface area (Å²) >= 11 is 1.59. The van der Waals surface area contributed by atoms with Crippen LogP contribution in [0.4, 0.5) is 0 Å². The molecule has 0 aliphatic rings. The standard InChI is InChI=1S/C5H10BNOS/c1-2-9-3-5(8)7-4-6/h2-4H2,1H3,(H,7,8). The first-order valence-corrected chi connectivity index (χ1v) is 4.01. The topological polar surface area (TPSA) is 29.1 Å². The second-order valence-corrected chi connectivity index (χ2v) is 2.72. The first-order valence-electron chi connectivity index (χ1n) is 2.85. The summed E-state index contributed by atoms with van der Waals surface area (Å²) < 4.78 is 0. The summed E-state index contributed by atoms with van der Waals surface area (Å²) in [6, 6.07) is 0. The van der Waals surface area contributed by atoms with Gasteiger partial charge < -0.3 is 5.32 Å². The average molecular weight is 143 g/mol. The molecular formula is C5H10BNOS. The summed E-state index contributed by atoms with van der Waals surface area (Å²) in [6.07, 6.45) is 0.239. The van der Waals surface area contributed by atoms with Crippen LogP contribution in [0.25, 0.3) is 0 Å². The van der Waals surface area contributed by atoms with E-state index in [9.17, 15) is 4.79 Å². The first kappa shape index (κ1) is 8.88. The molecule has 1 N–H and O–H groups in total. The van der Waals surface area contributed by atoms with Gasteiger partial charge in [-0.05, 0) is 12.2 Å². The highest BCUT2D eigenvalue weighted by Crippen LogP contribution is 1.95. The Morgan fingerprint density at radius 1 is 1.78 bits per heavy atom. The minimum absolute atomic E-state index is 0.0179. The van der Waals surface area contributed by atoms with Crippen LogP contribution in [0.1, 0.15) is 6.92 Å². The van der Waals surface area contributed by atoms with Gasteiger partial charge in [0, 0.05) is 0 Å². The Kier molecular flexibility index (Phi) is 5.93. The molecule has 0 bridgehead atoms. The van der Waals surface area contributed by atoms with Crippen molar-refractivity contribution in [1.29, 1.82) is 0 Å². The Labute approximate surface area is 61.2 Å². The molecule has 0 aromatic carbocycles. The third-order valence-corrected chi connectivity index (χ3v) is 1.61. The average Bonchev–Trinajstić information content (AvgIpc) is 1.85. The lowest BCUT2D eigenvalue weighted by Crippen LogP contribution is -2.26. The minimum atomic E-state index is 0.0179. The van der Waals surface area contributed by atoms with Gasteiger partial charge in [0.1, 0.15) is 0 Å². The van der Waals surface area contributed by atoms with Gasteiger partial charge in [0.15, 0.2) is 0 Å². The molecule has 50 valence electrons. The van der Waals surface area contributed by atoms with Crippen molar-refractivity contribution in [2.45, 2.75) is 6.92 Å². The molecule has 0 saturated heterocycles. The van der Waals surface area contributed by atoms with Crippen LogP contribution in [0.5, 0.6) is 0 Å². The molecule has 0 aliphatic carbocycles. The third-order valence-electron chi connectivity index (χ3n) is 0.737. The molecule has 0 rings (SSSR count). The van der Waals surface area contributed by atoms with Gasteiger partial charge in [0.05, 0.1) is 13.6 Å². The maximum Gasteiger partial charge on any atom is 0.229 e. The quantitative estimate of drug-likeness (QED) is 0.560. The van der Waals surface area contributed by atoms with Crippen molar-refractivity contribution >= 4 is 25.5 Å². The van der Waals surface area contributed by atoms with Crippen LogP contribution in [-0.4, -0.2) is 31.7 Å². The maximum atomic E-state index is 10.6. The number of hydrogen-bond acceptors (Lipinski definition) is 2. The Balaban J connectivity index is 3.06. The van der Waals surface area contributed by atoms with Crippen LogP contribution in [0.3, 0.4) is 0 Å². The lowest BCUT2D eigenvalue weighted by Gasteiger charge is -1.98. The molecule has 0 unspecified atom stereocenters. The fraction of sp³-hybridized carbons (Fsp3) is 0.800. The molecule has 9 heavy (non-hydrogen) atoms. The van der Waals surface area contributed by atoms with Crippen molar-refractivity contribution in [2.75, 3.05) is 17.9 Å². The highest BCUT2D eigenvalue weighted by atomic mass is 32.2. The van der Waals surface area contributed by atoms with Gasteiger partial charge in [-0.2, -0.15) is 11.8 Å². The van der Waals surface area contributed by atoms with Crippen LogP contribution < -0.4 is 5.32 Å². The molecule has 0 aliphatic heterocycles. The van der Waals surface area contributed by atoms with E-state index >= 15 is 0 Å². The van der Waals surface area contributed by atoms with Crippen LogP contribution in [0, 0.1) is 0 Å². The van der Waals surface area contributed by atoms with Crippen molar-refractivity contribution in [3.63, 3.8) is 0 Å². The number of nitrogens with one attached hydrogen (secondary N) is 1. The molecule has 0 aromatic heterocycles. The molecule has 2 nitrogen and oxygen atoms in total. The van der Waals surface area contributed by atoms with Crippen LogP contribution in [0.15, 0.2) is 0 Å². The summed E-state index contributed by atoms with van der Waals surface area (Å²) in [5.41, 5.74) is 0. The number of carbonyl (C=O) groups is 1. The molecule has 0 spiro atoms. The highest BCUT2D eigenvalue weighted by molar-refractivity contribution is 7.99. The number of carbonyl (C=O) groups excluding carboxylic acids is 1. The Bertz CT molecular complexity index is 89.0. The van der Waals surface area contributed by atoms with Gasteiger partial charge in [-0.25, -0.2) is 0 Å². The maximum absolute atomic E-state index is 10.6. The smallest absolute Gasteiger partial charge is 0.229 e. The van der Waals surface area contributed by atoms with E-state index in [1.165, 1.54) is 0 Å². The molecule has 1 amide bonds. The van der Waals surface area contributed by atoms with Crippen molar-refractivity contribution in [3.05, 3.63) is 0 Å². The normalized spacial score (nSPS) is 9.00. The third kappa shape index (κ3) is 5.76. The number of amides is 1. The summed E-state index contributed by atoms with van der Waals surface area (Å²) in [4.78, 5) is 10.6. The first-order chi connectivity index (χ1) is 4.31. The SMILES string of the molecule is [B]CNC(=O)CSCC. The van der Waals surface area contributed by atoms with E-state index in [1.54, 1.807) is 11.8 Å². The zero-order valence-corrected chi connectivity index (χ0v) is 6.33. The van der Waals surface area contributed by atoms with Gasteiger partial charge in [-0.3, -0.25) is 4.79 Å². The van der Waals surface area contributed by atoms with Crippen LogP contribution in [0.2, 0.25) is 0 Å². The van der Waals surface area contributed by atoms with Crippen LogP contribution >= 0.6 is 11.8 Å². The van der Waals surface area contributed by atoms with Crippen molar-refractivity contribution in [3.8, 4) is 0 Å². The van der Waals surface area contributed by atoms with E-state index < -0.39 is 0 Å². The molecule has 0 aromatic rings. The second kappa shape index (κ2) is 6.01. The fourth-order valence-electron chi connectivity index (χ4n) is 0.360. The monoisotopic (exact) mass is 143 g/mol. The number of hydrogen-bond donors (Lipinski definition) is 1. The van der Waals surface area contributed by atoms with Gasteiger partial charge in [-0.15, -0.1) is 0 Å². The molecule has 4 heteroatoms. The molecular weight excluding hydrogens is 133 g/mol. The van der Waals surface area contributed by atoms with E-state index in [2.05, 4.69) is 5.32 Å². The molecule has 0 atom stereocenters. The molecule has 0 fully saturated rings. The number of rotatable bonds is 4. The summed E-state index contributed by atoms with van der Waals surface area (Å²) in [5.74, 6) is 1.51. The Morgan fingerprint density at radius 2 is 2.44 bits per heavy atom. The van der Waals surface area contributed by atoms with Crippen LogP contribution in [-0.2, 0) is 4.79 Å². The van der Waals surface area contributed by atoms with E-state index in [0.717, 1.165) is 5.75 Å².